The molecule has 0 aliphatic carbocycles. The van der Waals surface area contributed by atoms with Crippen LogP contribution in [0.2, 0.25) is 0 Å². The SMILES string of the molecule is O=C1C(=Cc2cccs2)[C@@H](c2cccs2)Oc2ccccc21. The fourth-order valence-electron chi connectivity index (χ4n) is 2.54. The first-order valence-corrected chi connectivity index (χ1v) is 8.68. The molecule has 0 amide bonds. The van der Waals surface area contributed by atoms with E-state index >= 15 is 0 Å². The molecule has 4 rings (SSSR count). The Morgan fingerprint density at radius 3 is 2.55 bits per heavy atom. The van der Waals surface area contributed by atoms with Crippen molar-refractivity contribution >= 4 is 34.5 Å². The van der Waals surface area contributed by atoms with E-state index in [1.807, 2.05) is 65.4 Å². The summed E-state index contributed by atoms with van der Waals surface area (Å²) < 4.78 is 6.13. The molecule has 1 aromatic carbocycles. The van der Waals surface area contributed by atoms with Crippen molar-refractivity contribution in [2.45, 2.75) is 6.10 Å². The van der Waals surface area contributed by atoms with Crippen LogP contribution in [0.3, 0.4) is 0 Å². The molecule has 1 aliphatic heterocycles. The first-order valence-electron chi connectivity index (χ1n) is 6.92. The minimum absolute atomic E-state index is 0.0497. The van der Waals surface area contributed by atoms with E-state index in [0.717, 1.165) is 9.75 Å². The normalized spacial score (nSPS) is 19.0. The third-order valence-corrected chi connectivity index (χ3v) is 5.30. The van der Waals surface area contributed by atoms with Crippen molar-refractivity contribution in [1.29, 1.82) is 0 Å². The van der Waals surface area contributed by atoms with Crippen LogP contribution in [0.4, 0.5) is 0 Å². The van der Waals surface area contributed by atoms with E-state index in [0.29, 0.717) is 16.9 Å². The molecule has 1 atom stereocenters. The number of carbonyl (C=O) groups is 1. The largest absolute Gasteiger partial charge is 0.479 e. The summed E-state index contributed by atoms with van der Waals surface area (Å²) in [6.07, 6.45) is 1.62. The fourth-order valence-corrected chi connectivity index (χ4v) is 3.98. The van der Waals surface area contributed by atoms with Gasteiger partial charge < -0.3 is 4.74 Å². The maximum atomic E-state index is 12.9. The third-order valence-electron chi connectivity index (χ3n) is 3.56. The van der Waals surface area contributed by atoms with E-state index in [9.17, 15) is 4.79 Å². The topological polar surface area (TPSA) is 26.3 Å². The second kappa shape index (κ2) is 5.55. The minimum Gasteiger partial charge on any atom is -0.479 e. The standard InChI is InChI=1S/C18H12O2S2/c19-17-13-6-1-2-7-15(13)20-18(16-8-4-10-22-16)14(17)11-12-5-3-9-21-12/h1-11,18H/t18-/m0/s1. The van der Waals surface area contributed by atoms with Gasteiger partial charge in [-0.15, -0.1) is 22.7 Å². The zero-order valence-electron chi connectivity index (χ0n) is 11.6. The molecule has 0 N–H and O–H groups in total. The molecule has 0 unspecified atom stereocenters. The average molecular weight is 324 g/mol. The molecule has 0 saturated carbocycles. The number of ether oxygens (including phenoxy) is 1. The van der Waals surface area contributed by atoms with Gasteiger partial charge in [0.25, 0.3) is 0 Å². The van der Waals surface area contributed by atoms with Crippen LogP contribution in [0, 0.1) is 0 Å². The second-order valence-electron chi connectivity index (χ2n) is 4.95. The lowest BCUT2D eigenvalue weighted by molar-refractivity contribution is 0.0965. The molecule has 0 spiro atoms. The predicted octanol–water partition coefficient (Wildman–Crippen LogP) is 5.21. The van der Waals surface area contributed by atoms with Crippen molar-refractivity contribution in [3.8, 4) is 5.75 Å². The average Bonchev–Trinajstić information content (AvgIpc) is 3.23. The summed E-state index contributed by atoms with van der Waals surface area (Å²) in [6, 6.07) is 15.4. The van der Waals surface area contributed by atoms with Gasteiger partial charge in [0.05, 0.1) is 5.56 Å². The van der Waals surface area contributed by atoms with Gasteiger partial charge in [-0.05, 0) is 41.1 Å². The lowest BCUT2D eigenvalue weighted by Crippen LogP contribution is -2.23. The number of ketones is 1. The van der Waals surface area contributed by atoms with Crippen LogP contribution in [0.25, 0.3) is 6.08 Å². The van der Waals surface area contributed by atoms with Crippen LogP contribution in [0.15, 0.2) is 64.9 Å². The highest BCUT2D eigenvalue weighted by atomic mass is 32.1. The highest BCUT2D eigenvalue weighted by Crippen LogP contribution is 2.40. The van der Waals surface area contributed by atoms with Crippen LogP contribution >= 0.6 is 22.7 Å². The Balaban J connectivity index is 1.87. The van der Waals surface area contributed by atoms with Gasteiger partial charge >= 0.3 is 0 Å². The first-order chi connectivity index (χ1) is 10.8. The monoisotopic (exact) mass is 324 g/mol. The van der Waals surface area contributed by atoms with Crippen molar-refractivity contribution in [3.63, 3.8) is 0 Å². The first kappa shape index (κ1) is 13.5. The van der Waals surface area contributed by atoms with Gasteiger partial charge in [-0.3, -0.25) is 4.79 Å². The van der Waals surface area contributed by atoms with E-state index in [4.69, 9.17) is 4.74 Å². The molecule has 3 aromatic rings. The van der Waals surface area contributed by atoms with E-state index in [2.05, 4.69) is 0 Å². The lowest BCUT2D eigenvalue weighted by atomic mass is 9.93. The van der Waals surface area contributed by atoms with Crippen molar-refractivity contribution in [2.75, 3.05) is 0 Å². The molecule has 0 radical (unpaired) electrons. The summed E-state index contributed by atoms with van der Waals surface area (Å²) in [7, 11) is 0. The number of benzene rings is 1. The number of fused-ring (bicyclic) bond motifs is 1. The number of para-hydroxylation sites is 1. The van der Waals surface area contributed by atoms with Gasteiger partial charge in [-0.2, -0.15) is 0 Å². The summed E-state index contributed by atoms with van der Waals surface area (Å²) >= 11 is 3.23. The second-order valence-corrected chi connectivity index (χ2v) is 6.91. The van der Waals surface area contributed by atoms with Crippen LogP contribution in [0.5, 0.6) is 5.75 Å². The van der Waals surface area contributed by atoms with Gasteiger partial charge in [0, 0.05) is 15.3 Å². The highest BCUT2D eigenvalue weighted by molar-refractivity contribution is 7.11. The predicted molar refractivity (Wildman–Crippen MR) is 90.8 cm³/mol. The Bertz CT molecular complexity index is 830. The quantitative estimate of drug-likeness (QED) is 0.605. The van der Waals surface area contributed by atoms with Gasteiger partial charge in [-0.1, -0.05) is 24.3 Å². The van der Waals surface area contributed by atoms with Crippen molar-refractivity contribution < 1.29 is 9.53 Å². The fraction of sp³-hybridized carbons (Fsp3) is 0.0556. The van der Waals surface area contributed by atoms with Crippen LogP contribution in [-0.2, 0) is 0 Å². The van der Waals surface area contributed by atoms with Gasteiger partial charge in [0.2, 0.25) is 0 Å². The molecule has 2 nitrogen and oxygen atoms in total. The van der Waals surface area contributed by atoms with E-state index in [-0.39, 0.29) is 11.9 Å². The number of carbonyl (C=O) groups excluding carboxylic acids is 1. The van der Waals surface area contributed by atoms with Crippen molar-refractivity contribution in [2.24, 2.45) is 0 Å². The molecular formula is C18H12O2S2. The number of hydrogen-bond donors (Lipinski definition) is 0. The van der Waals surface area contributed by atoms with Gasteiger partial charge in [0.1, 0.15) is 5.75 Å². The molecule has 0 saturated heterocycles. The van der Waals surface area contributed by atoms with Crippen LogP contribution in [0.1, 0.15) is 26.2 Å². The van der Waals surface area contributed by atoms with Gasteiger partial charge in [0.15, 0.2) is 11.9 Å². The van der Waals surface area contributed by atoms with E-state index in [1.165, 1.54) is 0 Å². The Morgan fingerprint density at radius 1 is 0.955 bits per heavy atom. The minimum atomic E-state index is -0.329. The van der Waals surface area contributed by atoms with E-state index in [1.54, 1.807) is 22.7 Å². The Labute approximate surface area is 136 Å². The zero-order valence-corrected chi connectivity index (χ0v) is 13.2. The molecule has 108 valence electrons. The lowest BCUT2D eigenvalue weighted by Gasteiger charge is -2.27. The molecule has 22 heavy (non-hydrogen) atoms. The number of thiophene rings is 2. The molecule has 0 fully saturated rings. The number of rotatable bonds is 2. The summed E-state index contributed by atoms with van der Waals surface area (Å²) in [4.78, 5) is 15.0. The summed E-state index contributed by atoms with van der Waals surface area (Å²) in [5, 5.41) is 4.01. The van der Waals surface area contributed by atoms with Crippen LogP contribution in [-0.4, -0.2) is 5.78 Å². The zero-order chi connectivity index (χ0) is 14.9. The molecule has 1 aliphatic rings. The van der Waals surface area contributed by atoms with Crippen molar-refractivity contribution in [3.05, 3.63) is 80.2 Å². The smallest absolute Gasteiger partial charge is 0.196 e. The number of Topliss-reactive ketones (excluding diaryl/α,β-unsaturated/α-hetero) is 1. The summed E-state index contributed by atoms with van der Waals surface area (Å²) in [6.45, 7) is 0. The summed E-state index contributed by atoms with van der Waals surface area (Å²) in [5.41, 5.74) is 1.33. The Kier molecular flexibility index (Phi) is 3.41. The summed E-state index contributed by atoms with van der Waals surface area (Å²) in [5.74, 6) is 0.711. The highest BCUT2D eigenvalue weighted by Gasteiger charge is 2.33. The van der Waals surface area contributed by atoms with Crippen molar-refractivity contribution in [1.82, 2.24) is 0 Å². The Morgan fingerprint density at radius 2 is 1.77 bits per heavy atom. The van der Waals surface area contributed by atoms with Crippen LogP contribution < -0.4 is 4.74 Å². The molecular weight excluding hydrogens is 312 g/mol. The Hall–Kier alpha value is -2.17. The van der Waals surface area contributed by atoms with E-state index < -0.39 is 0 Å². The third kappa shape index (κ3) is 2.30. The number of hydrogen-bond acceptors (Lipinski definition) is 4. The molecule has 3 heterocycles. The maximum Gasteiger partial charge on any atom is 0.196 e. The molecule has 2 aromatic heterocycles. The van der Waals surface area contributed by atoms with Gasteiger partial charge in [-0.25, -0.2) is 0 Å². The molecule has 0 bridgehead atoms. The molecule has 4 heteroatoms. The maximum absolute atomic E-state index is 12.9.